The summed E-state index contributed by atoms with van der Waals surface area (Å²) in [6.45, 7) is 0.782. The van der Waals surface area contributed by atoms with Crippen LogP contribution in [0.4, 0.5) is 14.9 Å². The molecule has 0 unspecified atom stereocenters. The molecule has 0 aliphatic carbocycles. The predicted octanol–water partition coefficient (Wildman–Crippen LogP) is 2.95. The maximum atomic E-state index is 14.8. The molecular formula is C20H16FN5O3. The van der Waals surface area contributed by atoms with Gasteiger partial charge in [-0.1, -0.05) is 0 Å². The van der Waals surface area contributed by atoms with Crippen LogP contribution in [0.1, 0.15) is 0 Å². The van der Waals surface area contributed by atoms with Crippen molar-refractivity contribution in [2.45, 2.75) is 6.10 Å². The standard InChI is InChI=1S/C20H16FN5O3/c21-17-5-15(1-2-18(17)25-8-13-3-4-22-6-14(13)9-25)26-10-16(29-20(26)27)11-28-19-7-23-12-24-19/h1-9,16H,10-12H2/t16-/m1/s1. The van der Waals surface area contributed by atoms with Crippen molar-refractivity contribution in [3.8, 4) is 5.69 Å². The van der Waals surface area contributed by atoms with Gasteiger partial charge in [-0.3, -0.25) is 14.9 Å². The average molecular weight is 393 g/mol. The van der Waals surface area contributed by atoms with Gasteiger partial charge in [-0.25, -0.2) is 14.2 Å². The number of fused-ring (bicyclic) bond motifs is 1. The molecule has 0 N–H and O–H groups in total. The fourth-order valence-corrected chi connectivity index (χ4v) is 3.34. The normalized spacial score (nSPS) is 18.4. The Balaban J connectivity index is 1.33. The highest BCUT2D eigenvalue weighted by Gasteiger charge is 2.33. The van der Waals surface area contributed by atoms with E-state index in [0.717, 1.165) is 10.8 Å². The fourth-order valence-electron chi connectivity index (χ4n) is 3.34. The monoisotopic (exact) mass is 393 g/mol. The lowest BCUT2D eigenvalue weighted by Gasteiger charge is -2.14. The van der Waals surface area contributed by atoms with Gasteiger partial charge in [0.05, 0.1) is 24.1 Å². The van der Waals surface area contributed by atoms with E-state index in [1.165, 1.54) is 17.2 Å². The van der Waals surface area contributed by atoms with Crippen molar-refractivity contribution in [2.75, 3.05) is 24.7 Å². The van der Waals surface area contributed by atoms with E-state index in [9.17, 15) is 9.18 Å². The number of aliphatic imine (C=N–C) groups is 2. The number of ether oxygens (including phenoxy) is 2. The van der Waals surface area contributed by atoms with E-state index in [1.807, 2.05) is 18.5 Å². The van der Waals surface area contributed by atoms with Crippen LogP contribution in [0.2, 0.25) is 0 Å². The number of rotatable bonds is 4. The van der Waals surface area contributed by atoms with Crippen LogP contribution in [0.5, 0.6) is 0 Å². The second kappa shape index (κ2) is 7.01. The highest BCUT2D eigenvalue weighted by molar-refractivity contribution is 6.27. The zero-order chi connectivity index (χ0) is 19.8. The molecule has 3 aromatic rings. The van der Waals surface area contributed by atoms with Gasteiger partial charge in [-0.15, -0.1) is 0 Å². The highest BCUT2D eigenvalue weighted by Crippen LogP contribution is 2.27. The van der Waals surface area contributed by atoms with Gasteiger partial charge >= 0.3 is 6.09 Å². The van der Waals surface area contributed by atoms with Crippen molar-refractivity contribution in [1.29, 1.82) is 0 Å². The van der Waals surface area contributed by atoms with Crippen LogP contribution >= 0.6 is 0 Å². The van der Waals surface area contributed by atoms with E-state index in [4.69, 9.17) is 9.47 Å². The van der Waals surface area contributed by atoms with Crippen LogP contribution < -0.4 is 4.90 Å². The molecule has 0 bridgehead atoms. The predicted molar refractivity (Wildman–Crippen MR) is 105 cm³/mol. The van der Waals surface area contributed by atoms with E-state index in [1.54, 1.807) is 29.1 Å². The molecule has 9 heteroatoms. The second-order valence-electron chi connectivity index (χ2n) is 6.68. The molecule has 1 amide bonds. The Kier molecular flexibility index (Phi) is 4.19. The van der Waals surface area contributed by atoms with Crippen LogP contribution in [0.25, 0.3) is 16.5 Å². The molecule has 1 fully saturated rings. The highest BCUT2D eigenvalue weighted by atomic mass is 19.1. The first kappa shape index (κ1) is 17.4. The number of pyridine rings is 1. The Labute approximate surface area is 164 Å². The number of carbonyl (C=O) groups excluding carboxylic acids is 1. The van der Waals surface area contributed by atoms with E-state index in [0.29, 0.717) is 23.9 Å². The molecule has 2 aliphatic rings. The van der Waals surface area contributed by atoms with E-state index in [-0.39, 0.29) is 13.2 Å². The molecule has 2 aliphatic heterocycles. The van der Waals surface area contributed by atoms with Crippen molar-refractivity contribution in [3.63, 3.8) is 0 Å². The molecule has 5 rings (SSSR count). The van der Waals surface area contributed by atoms with Crippen LogP contribution in [0.15, 0.2) is 59.0 Å². The fraction of sp³-hybridized carbons (Fsp3) is 0.200. The topological polar surface area (TPSA) is 81.3 Å². The number of hydrogen-bond donors (Lipinski definition) is 0. The van der Waals surface area contributed by atoms with Gasteiger partial charge in [0.25, 0.3) is 0 Å². The first-order valence-electron chi connectivity index (χ1n) is 9.04. The minimum Gasteiger partial charge on any atom is -0.473 e. The minimum absolute atomic E-state index is 0.164. The quantitative estimate of drug-likeness (QED) is 0.683. The molecule has 146 valence electrons. The van der Waals surface area contributed by atoms with Gasteiger partial charge in [-0.05, 0) is 24.3 Å². The molecule has 0 saturated carbocycles. The first-order valence-corrected chi connectivity index (χ1v) is 9.04. The molecular weight excluding hydrogens is 377 g/mol. The summed E-state index contributed by atoms with van der Waals surface area (Å²) in [6, 6.07) is 6.53. The summed E-state index contributed by atoms with van der Waals surface area (Å²) in [5.41, 5.74) is 0.813. The third-order valence-corrected chi connectivity index (χ3v) is 4.77. The van der Waals surface area contributed by atoms with Gasteiger partial charge in [0, 0.05) is 35.6 Å². The second-order valence-corrected chi connectivity index (χ2v) is 6.68. The molecule has 2 aromatic heterocycles. The number of aromatic nitrogens is 2. The third-order valence-electron chi connectivity index (χ3n) is 4.77. The van der Waals surface area contributed by atoms with Crippen molar-refractivity contribution < 1.29 is 18.7 Å². The lowest BCUT2D eigenvalue weighted by atomic mass is 10.2. The number of carbonyl (C=O) groups is 1. The maximum absolute atomic E-state index is 14.8. The Morgan fingerprint density at radius 2 is 2.14 bits per heavy atom. The zero-order valence-corrected chi connectivity index (χ0v) is 15.2. The molecule has 29 heavy (non-hydrogen) atoms. The smallest absolute Gasteiger partial charge is 0.414 e. The summed E-state index contributed by atoms with van der Waals surface area (Å²) in [4.78, 5) is 25.6. The Hall–Kier alpha value is -3.75. The molecule has 1 atom stereocenters. The summed E-state index contributed by atoms with van der Waals surface area (Å²) in [7, 11) is 0. The first-order chi connectivity index (χ1) is 14.2. The van der Waals surface area contributed by atoms with Crippen molar-refractivity contribution >= 4 is 34.7 Å². The zero-order valence-electron chi connectivity index (χ0n) is 15.2. The van der Waals surface area contributed by atoms with E-state index >= 15 is 0 Å². The lowest BCUT2D eigenvalue weighted by Crippen LogP contribution is -2.26. The molecule has 8 nitrogen and oxygen atoms in total. The van der Waals surface area contributed by atoms with Gasteiger partial charge < -0.3 is 14.0 Å². The summed E-state index contributed by atoms with van der Waals surface area (Å²) in [5, 5.41) is 1.88. The molecule has 0 spiro atoms. The SMILES string of the molecule is O=C1O[C@@H](COC2=NCN=C2)CN1c1ccc(-n2cc3ccncc3c2)c(F)c1. The molecule has 1 saturated heterocycles. The third kappa shape index (κ3) is 3.31. The lowest BCUT2D eigenvalue weighted by molar-refractivity contribution is 0.102. The summed E-state index contributed by atoms with van der Waals surface area (Å²) in [6.07, 6.45) is 7.59. The number of nitrogens with zero attached hydrogens (tertiary/aromatic N) is 5. The number of anilines is 1. The van der Waals surface area contributed by atoms with E-state index in [2.05, 4.69) is 15.0 Å². The van der Waals surface area contributed by atoms with Crippen molar-refractivity contribution in [3.05, 3.63) is 54.9 Å². The van der Waals surface area contributed by atoms with Gasteiger partial charge in [0.2, 0.25) is 5.90 Å². The largest absolute Gasteiger partial charge is 0.473 e. The van der Waals surface area contributed by atoms with Gasteiger partial charge in [0.1, 0.15) is 19.1 Å². The number of benzene rings is 1. The van der Waals surface area contributed by atoms with Gasteiger partial charge in [-0.2, -0.15) is 0 Å². The minimum atomic E-state index is -0.537. The molecule has 4 heterocycles. The number of halogens is 1. The van der Waals surface area contributed by atoms with Crippen molar-refractivity contribution in [1.82, 2.24) is 9.55 Å². The molecule has 0 radical (unpaired) electrons. The summed E-state index contributed by atoms with van der Waals surface area (Å²) in [5.74, 6) is -0.0241. The van der Waals surface area contributed by atoms with Crippen LogP contribution in [-0.2, 0) is 9.47 Å². The van der Waals surface area contributed by atoms with Crippen molar-refractivity contribution in [2.24, 2.45) is 9.98 Å². The average Bonchev–Trinajstić information content (AvgIpc) is 3.45. The Bertz CT molecular complexity index is 1120. The Morgan fingerprint density at radius 1 is 1.24 bits per heavy atom. The number of hydrogen-bond acceptors (Lipinski definition) is 6. The van der Waals surface area contributed by atoms with Crippen LogP contribution in [0, 0.1) is 5.82 Å². The number of cyclic esters (lactones) is 1. The Morgan fingerprint density at radius 3 is 2.93 bits per heavy atom. The van der Waals surface area contributed by atoms with E-state index < -0.39 is 18.0 Å². The van der Waals surface area contributed by atoms with Gasteiger partial charge in [0.15, 0.2) is 6.10 Å². The molecule has 1 aromatic carbocycles. The summed E-state index contributed by atoms with van der Waals surface area (Å²) < 4.78 is 27.3. The number of amides is 1. The van der Waals surface area contributed by atoms with Crippen LogP contribution in [-0.4, -0.2) is 53.7 Å². The van der Waals surface area contributed by atoms with Crippen LogP contribution in [0.3, 0.4) is 0 Å². The maximum Gasteiger partial charge on any atom is 0.414 e. The summed E-state index contributed by atoms with van der Waals surface area (Å²) >= 11 is 0.